The number of ether oxygens (including phenoxy) is 1. The third-order valence-electron chi connectivity index (χ3n) is 2.68. The summed E-state index contributed by atoms with van der Waals surface area (Å²) in [5.41, 5.74) is -0.790. The highest BCUT2D eigenvalue weighted by Gasteiger charge is 2.33. The molecule has 1 aromatic rings. The smallest absolute Gasteiger partial charge is 0.355 e. The van der Waals surface area contributed by atoms with Crippen LogP contribution in [-0.2, 0) is 13.8 Å². The summed E-state index contributed by atoms with van der Waals surface area (Å²) in [5, 5.41) is 0. The zero-order valence-electron chi connectivity index (χ0n) is 9.98. The molecule has 0 amide bonds. The number of hydrogen-bond donors (Lipinski definition) is 3. The lowest BCUT2D eigenvalue weighted by Crippen LogP contribution is -2.33. The molecule has 0 spiro atoms. The fraction of sp³-hybridized carbons (Fsp3) is 0.556. The largest absolute Gasteiger partial charge is 0.469 e. The molecular formula is C9H13N2O7P. The zero-order chi connectivity index (χ0) is 14.2. The van der Waals surface area contributed by atoms with Crippen LogP contribution < -0.4 is 11.2 Å². The van der Waals surface area contributed by atoms with E-state index in [2.05, 4.69) is 9.51 Å². The minimum absolute atomic E-state index is 0.0413. The second kappa shape index (κ2) is 5.03. The summed E-state index contributed by atoms with van der Waals surface area (Å²) >= 11 is 0. The van der Waals surface area contributed by atoms with Crippen LogP contribution in [0.5, 0.6) is 0 Å². The van der Waals surface area contributed by atoms with Crippen LogP contribution in [0.2, 0.25) is 0 Å². The van der Waals surface area contributed by atoms with Gasteiger partial charge in [0.05, 0.1) is 12.7 Å². The lowest BCUT2D eigenvalue weighted by Gasteiger charge is -2.13. The number of aromatic amines is 1. The molecule has 3 N–H and O–H groups in total. The molecule has 1 aliphatic rings. The van der Waals surface area contributed by atoms with E-state index in [9.17, 15) is 14.2 Å². The average Bonchev–Trinajstić information content (AvgIpc) is 2.69. The van der Waals surface area contributed by atoms with Crippen LogP contribution >= 0.6 is 7.82 Å². The number of hydrogen-bond acceptors (Lipinski definition) is 5. The van der Waals surface area contributed by atoms with Crippen molar-refractivity contribution in [1.82, 2.24) is 9.55 Å². The Kier molecular flexibility index (Phi) is 3.75. The summed E-state index contributed by atoms with van der Waals surface area (Å²) in [7, 11) is -4.59. The summed E-state index contributed by atoms with van der Waals surface area (Å²) in [6, 6.07) is 0. The van der Waals surface area contributed by atoms with Crippen molar-refractivity contribution >= 4 is 7.82 Å². The van der Waals surface area contributed by atoms with Gasteiger partial charge in [0.15, 0.2) is 0 Å². The van der Waals surface area contributed by atoms with E-state index in [0.29, 0.717) is 5.56 Å². The van der Waals surface area contributed by atoms with Crippen molar-refractivity contribution in [2.24, 2.45) is 0 Å². The molecule has 1 aromatic heterocycles. The van der Waals surface area contributed by atoms with E-state index in [1.807, 2.05) is 0 Å². The fourth-order valence-electron chi connectivity index (χ4n) is 1.84. The Morgan fingerprint density at radius 1 is 1.53 bits per heavy atom. The van der Waals surface area contributed by atoms with E-state index >= 15 is 0 Å². The van der Waals surface area contributed by atoms with E-state index in [0.717, 1.165) is 0 Å². The Labute approximate surface area is 107 Å². The number of phosphoric acid groups is 1. The van der Waals surface area contributed by atoms with Crippen LogP contribution in [0.4, 0.5) is 0 Å². The van der Waals surface area contributed by atoms with Crippen molar-refractivity contribution in [3.8, 4) is 0 Å². The van der Waals surface area contributed by atoms with Crippen LogP contribution in [0.15, 0.2) is 15.8 Å². The van der Waals surface area contributed by atoms with Gasteiger partial charge in [-0.25, -0.2) is 9.36 Å². The first-order chi connectivity index (χ1) is 8.76. The number of H-pyrrole nitrogens is 1. The molecule has 0 aromatic carbocycles. The molecule has 19 heavy (non-hydrogen) atoms. The van der Waals surface area contributed by atoms with Crippen LogP contribution in [0.3, 0.4) is 0 Å². The molecule has 2 rings (SSSR count). The van der Waals surface area contributed by atoms with E-state index in [1.54, 1.807) is 0 Å². The lowest BCUT2D eigenvalue weighted by molar-refractivity contribution is 0.0437. The average molecular weight is 292 g/mol. The standard InChI is InChI=1S/C9H13N2O7P/c1-5-3-11(9(13)10-8(5)12)7-2-6(4-17-7)18-19(14,15)16/h3,6-7H,2,4H2,1H3,(H,10,12,13)(H2,14,15,16)/t6-,7-/m1/s1. The first-order valence-electron chi connectivity index (χ1n) is 5.44. The Balaban J connectivity index is 2.18. The number of rotatable bonds is 3. The number of nitrogens with one attached hydrogen (secondary N) is 1. The van der Waals surface area contributed by atoms with Gasteiger partial charge >= 0.3 is 13.5 Å². The van der Waals surface area contributed by atoms with Gasteiger partial charge in [0.2, 0.25) is 0 Å². The third kappa shape index (κ3) is 3.40. The van der Waals surface area contributed by atoms with Crippen LogP contribution in [0.25, 0.3) is 0 Å². The van der Waals surface area contributed by atoms with E-state index in [4.69, 9.17) is 14.5 Å². The number of phosphoric ester groups is 1. The van der Waals surface area contributed by atoms with Gasteiger partial charge in [-0.15, -0.1) is 0 Å². The Morgan fingerprint density at radius 2 is 2.21 bits per heavy atom. The van der Waals surface area contributed by atoms with Crippen molar-refractivity contribution in [3.05, 3.63) is 32.6 Å². The molecule has 1 aliphatic heterocycles. The maximum Gasteiger partial charge on any atom is 0.469 e. The minimum Gasteiger partial charge on any atom is -0.355 e. The fourth-order valence-corrected chi connectivity index (χ4v) is 2.38. The highest BCUT2D eigenvalue weighted by molar-refractivity contribution is 7.46. The summed E-state index contributed by atoms with van der Waals surface area (Å²) in [4.78, 5) is 42.3. The highest BCUT2D eigenvalue weighted by Crippen LogP contribution is 2.41. The van der Waals surface area contributed by atoms with Crippen molar-refractivity contribution in [3.63, 3.8) is 0 Å². The normalized spacial score (nSPS) is 23.7. The summed E-state index contributed by atoms with van der Waals surface area (Å²) in [6.45, 7) is 1.49. The van der Waals surface area contributed by atoms with Crippen molar-refractivity contribution < 1.29 is 23.6 Å². The molecule has 9 nitrogen and oxygen atoms in total. The maximum atomic E-state index is 11.6. The van der Waals surface area contributed by atoms with Crippen LogP contribution in [0.1, 0.15) is 18.2 Å². The Bertz CT molecular complexity index is 630. The maximum absolute atomic E-state index is 11.6. The van der Waals surface area contributed by atoms with E-state index < -0.39 is 31.4 Å². The van der Waals surface area contributed by atoms with Gasteiger partial charge in [-0.05, 0) is 6.92 Å². The SMILES string of the molecule is Cc1cn([C@H]2C[C@@H](OP(=O)(O)O)CO2)c(=O)[nH]c1=O. The Morgan fingerprint density at radius 3 is 2.84 bits per heavy atom. The predicted octanol–water partition coefficient (Wildman–Crippen LogP) is -0.758. The van der Waals surface area contributed by atoms with Crippen LogP contribution in [0, 0.1) is 6.92 Å². The quantitative estimate of drug-likeness (QED) is 0.624. The second-order valence-electron chi connectivity index (χ2n) is 4.22. The van der Waals surface area contributed by atoms with E-state index in [1.165, 1.54) is 17.7 Å². The number of aryl methyl sites for hydroxylation is 1. The first-order valence-corrected chi connectivity index (χ1v) is 6.97. The molecule has 0 bridgehead atoms. The molecule has 10 heteroatoms. The molecule has 106 valence electrons. The van der Waals surface area contributed by atoms with Gasteiger partial charge < -0.3 is 14.5 Å². The summed E-state index contributed by atoms with van der Waals surface area (Å²) in [5.74, 6) is 0. The number of nitrogens with zero attached hydrogens (tertiary/aromatic N) is 1. The van der Waals surface area contributed by atoms with Crippen molar-refractivity contribution in [2.75, 3.05) is 6.61 Å². The molecule has 0 radical (unpaired) electrons. The molecule has 2 atom stereocenters. The third-order valence-corrected chi connectivity index (χ3v) is 3.25. The van der Waals surface area contributed by atoms with Crippen molar-refractivity contribution in [1.29, 1.82) is 0 Å². The van der Waals surface area contributed by atoms with Gasteiger partial charge in [0.1, 0.15) is 6.23 Å². The number of aromatic nitrogens is 2. The van der Waals surface area contributed by atoms with Gasteiger partial charge in [-0.2, -0.15) is 0 Å². The molecule has 1 fully saturated rings. The van der Waals surface area contributed by atoms with Crippen LogP contribution in [-0.4, -0.2) is 32.0 Å². The molecule has 1 saturated heterocycles. The summed E-state index contributed by atoms with van der Waals surface area (Å²) < 4.78 is 21.6. The summed E-state index contributed by atoms with van der Waals surface area (Å²) in [6.07, 6.45) is -0.0769. The molecule has 0 saturated carbocycles. The van der Waals surface area contributed by atoms with Gasteiger partial charge in [-0.3, -0.25) is 18.9 Å². The van der Waals surface area contributed by atoms with Gasteiger partial charge in [0.25, 0.3) is 5.56 Å². The minimum atomic E-state index is -4.59. The molecule has 0 aliphatic carbocycles. The van der Waals surface area contributed by atoms with Crippen molar-refractivity contribution in [2.45, 2.75) is 25.7 Å². The lowest BCUT2D eigenvalue weighted by atomic mass is 10.3. The highest BCUT2D eigenvalue weighted by atomic mass is 31.2. The van der Waals surface area contributed by atoms with E-state index in [-0.39, 0.29) is 13.0 Å². The monoisotopic (exact) mass is 292 g/mol. The Hall–Kier alpha value is -1.25. The molecule has 2 heterocycles. The van der Waals surface area contributed by atoms with Gasteiger partial charge in [0, 0.05) is 18.2 Å². The van der Waals surface area contributed by atoms with Gasteiger partial charge in [-0.1, -0.05) is 0 Å². The zero-order valence-corrected chi connectivity index (χ0v) is 10.9. The topological polar surface area (TPSA) is 131 Å². The molecule has 0 unspecified atom stereocenters. The molecular weight excluding hydrogens is 279 g/mol. The predicted molar refractivity (Wildman–Crippen MR) is 62.6 cm³/mol. The first kappa shape index (κ1) is 14.2. The second-order valence-corrected chi connectivity index (χ2v) is 5.41.